The summed E-state index contributed by atoms with van der Waals surface area (Å²) in [5.74, 6) is 0.907. The van der Waals surface area contributed by atoms with Gasteiger partial charge in [0.25, 0.3) is 0 Å². The van der Waals surface area contributed by atoms with Crippen LogP contribution in [-0.4, -0.2) is 7.11 Å². The van der Waals surface area contributed by atoms with Crippen molar-refractivity contribution in [2.24, 2.45) is 0 Å². The Kier molecular flexibility index (Phi) is 5.82. The first-order valence-electron chi connectivity index (χ1n) is 7.72. The molecule has 0 aliphatic carbocycles. The van der Waals surface area contributed by atoms with Crippen LogP contribution in [0.5, 0.6) is 5.75 Å². The first-order valence-corrected chi connectivity index (χ1v) is 7.72. The summed E-state index contributed by atoms with van der Waals surface area (Å²) in [5, 5.41) is 3.67. The predicted molar refractivity (Wildman–Crippen MR) is 88.7 cm³/mol. The molecule has 0 heterocycles. The van der Waals surface area contributed by atoms with Crippen LogP contribution in [0.4, 0.5) is 0 Å². The number of nitrogens with one attached hydrogen (secondary N) is 1. The fourth-order valence-electron chi connectivity index (χ4n) is 2.64. The van der Waals surface area contributed by atoms with Crippen LogP contribution in [0.1, 0.15) is 43.0 Å². The van der Waals surface area contributed by atoms with Gasteiger partial charge in [-0.05, 0) is 41.7 Å². The lowest BCUT2D eigenvalue weighted by Crippen LogP contribution is -2.20. The van der Waals surface area contributed by atoms with E-state index >= 15 is 0 Å². The predicted octanol–water partition coefficient (Wildman–Crippen LogP) is 4.50. The highest BCUT2D eigenvalue weighted by Gasteiger charge is 2.09. The second-order valence-electron chi connectivity index (χ2n) is 5.24. The molecule has 0 fully saturated rings. The maximum absolute atomic E-state index is 5.22. The fraction of sp³-hybridized carbons (Fsp3) is 0.368. The molecule has 0 aliphatic heterocycles. The van der Waals surface area contributed by atoms with Gasteiger partial charge >= 0.3 is 0 Å². The molecule has 0 saturated carbocycles. The average Bonchev–Trinajstić information content (AvgIpc) is 2.56. The van der Waals surface area contributed by atoms with Crippen LogP contribution in [0.15, 0.2) is 48.5 Å². The summed E-state index contributed by atoms with van der Waals surface area (Å²) in [5.41, 5.74) is 4.13. The van der Waals surface area contributed by atoms with Gasteiger partial charge in [0, 0.05) is 12.6 Å². The molecule has 21 heavy (non-hydrogen) atoms. The van der Waals surface area contributed by atoms with E-state index < -0.39 is 0 Å². The van der Waals surface area contributed by atoms with Crippen molar-refractivity contribution in [3.05, 3.63) is 65.2 Å². The molecule has 2 aromatic carbocycles. The summed E-state index contributed by atoms with van der Waals surface area (Å²) >= 11 is 0. The van der Waals surface area contributed by atoms with Gasteiger partial charge in [-0.3, -0.25) is 0 Å². The van der Waals surface area contributed by atoms with Crippen LogP contribution >= 0.6 is 0 Å². The molecule has 0 saturated heterocycles. The SMILES string of the molecule is CCc1ccccc1CNC(CC)c1ccc(OC)cc1. The zero-order chi connectivity index (χ0) is 15.1. The van der Waals surface area contributed by atoms with Crippen LogP contribution in [0.25, 0.3) is 0 Å². The summed E-state index contributed by atoms with van der Waals surface area (Å²) < 4.78 is 5.22. The van der Waals surface area contributed by atoms with Crippen molar-refractivity contribution in [1.29, 1.82) is 0 Å². The zero-order valence-electron chi connectivity index (χ0n) is 13.2. The number of benzene rings is 2. The van der Waals surface area contributed by atoms with Crippen molar-refractivity contribution < 1.29 is 4.74 Å². The molecule has 1 unspecified atom stereocenters. The van der Waals surface area contributed by atoms with Gasteiger partial charge in [-0.25, -0.2) is 0 Å². The van der Waals surface area contributed by atoms with Crippen molar-refractivity contribution >= 4 is 0 Å². The highest BCUT2D eigenvalue weighted by molar-refractivity contribution is 5.30. The molecule has 0 aromatic heterocycles. The molecule has 0 bridgehead atoms. The number of methoxy groups -OCH3 is 1. The second-order valence-corrected chi connectivity index (χ2v) is 5.24. The van der Waals surface area contributed by atoms with Gasteiger partial charge in [-0.1, -0.05) is 50.2 Å². The van der Waals surface area contributed by atoms with Gasteiger partial charge < -0.3 is 10.1 Å². The van der Waals surface area contributed by atoms with E-state index in [0.717, 1.165) is 25.1 Å². The lowest BCUT2D eigenvalue weighted by Gasteiger charge is -2.19. The quantitative estimate of drug-likeness (QED) is 0.808. The Balaban J connectivity index is 2.04. The molecule has 1 atom stereocenters. The minimum Gasteiger partial charge on any atom is -0.497 e. The Labute approximate surface area is 128 Å². The lowest BCUT2D eigenvalue weighted by atomic mass is 10.0. The largest absolute Gasteiger partial charge is 0.497 e. The third-order valence-electron chi connectivity index (χ3n) is 3.96. The van der Waals surface area contributed by atoms with E-state index in [-0.39, 0.29) is 0 Å². The fourth-order valence-corrected chi connectivity index (χ4v) is 2.64. The number of hydrogen-bond donors (Lipinski definition) is 1. The molecule has 0 radical (unpaired) electrons. The standard InChI is InChI=1S/C19H25NO/c1-4-15-8-6-7-9-17(15)14-20-19(5-2)16-10-12-18(21-3)13-11-16/h6-13,19-20H,4-5,14H2,1-3H3. The number of aryl methyl sites for hydroxylation is 1. The smallest absolute Gasteiger partial charge is 0.118 e. The first kappa shape index (κ1) is 15.6. The Morgan fingerprint density at radius 3 is 2.19 bits per heavy atom. The maximum Gasteiger partial charge on any atom is 0.118 e. The minimum absolute atomic E-state index is 0.376. The monoisotopic (exact) mass is 283 g/mol. The van der Waals surface area contributed by atoms with Gasteiger partial charge in [0.2, 0.25) is 0 Å². The molecule has 0 amide bonds. The van der Waals surface area contributed by atoms with Crippen molar-refractivity contribution in [1.82, 2.24) is 5.32 Å². The molecule has 2 aromatic rings. The summed E-state index contributed by atoms with van der Waals surface area (Å²) in [6.07, 6.45) is 2.15. The number of hydrogen-bond acceptors (Lipinski definition) is 2. The number of rotatable bonds is 7. The Morgan fingerprint density at radius 1 is 0.952 bits per heavy atom. The van der Waals surface area contributed by atoms with Crippen molar-refractivity contribution in [3.8, 4) is 5.75 Å². The topological polar surface area (TPSA) is 21.3 Å². The maximum atomic E-state index is 5.22. The van der Waals surface area contributed by atoms with Crippen LogP contribution in [0.2, 0.25) is 0 Å². The Morgan fingerprint density at radius 2 is 1.62 bits per heavy atom. The minimum atomic E-state index is 0.376. The van der Waals surface area contributed by atoms with E-state index in [0.29, 0.717) is 6.04 Å². The molecular weight excluding hydrogens is 258 g/mol. The lowest BCUT2D eigenvalue weighted by molar-refractivity contribution is 0.414. The highest BCUT2D eigenvalue weighted by Crippen LogP contribution is 2.21. The Hall–Kier alpha value is -1.80. The van der Waals surface area contributed by atoms with Crippen LogP contribution < -0.4 is 10.1 Å². The van der Waals surface area contributed by atoms with Crippen LogP contribution in [-0.2, 0) is 13.0 Å². The molecule has 0 spiro atoms. The van der Waals surface area contributed by atoms with E-state index in [4.69, 9.17) is 4.74 Å². The second kappa shape index (κ2) is 7.84. The first-order chi connectivity index (χ1) is 10.3. The van der Waals surface area contributed by atoms with E-state index in [1.165, 1.54) is 16.7 Å². The number of ether oxygens (including phenoxy) is 1. The van der Waals surface area contributed by atoms with Crippen molar-refractivity contribution in [3.63, 3.8) is 0 Å². The van der Waals surface area contributed by atoms with E-state index in [2.05, 4.69) is 55.6 Å². The summed E-state index contributed by atoms with van der Waals surface area (Å²) in [6.45, 7) is 5.34. The van der Waals surface area contributed by atoms with E-state index in [9.17, 15) is 0 Å². The Bertz CT molecular complexity index is 548. The summed E-state index contributed by atoms with van der Waals surface area (Å²) in [4.78, 5) is 0. The van der Waals surface area contributed by atoms with Crippen molar-refractivity contribution in [2.45, 2.75) is 39.3 Å². The van der Waals surface area contributed by atoms with Gasteiger partial charge in [0.1, 0.15) is 5.75 Å². The molecule has 2 nitrogen and oxygen atoms in total. The van der Waals surface area contributed by atoms with Gasteiger partial charge in [-0.2, -0.15) is 0 Å². The molecule has 112 valence electrons. The van der Waals surface area contributed by atoms with E-state index in [1.54, 1.807) is 7.11 Å². The van der Waals surface area contributed by atoms with E-state index in [1.807, 2.05) is 12.1 Å². The summed E-state index contributed by atoms with van der Waals surface area (Å²) in [6, 6.07) is 17.4. The molecule has 0 aliphatic rings. The summed E-state index contributed by atoms with van der Waals surface area (Å²) in [7, 11) is 1.70. The van der Waals surface area contributed by atoms with Crippen molar-refractivity contribution in [2.75, 3.05) is 7.11 Å². The van der Waals surface area contributed by atoms with Gasteiger partial charge in [0.05, 0.1) is 7.11 Å². The average molecular weight is 283 g/mol. The molecule has 2 heteroatoms. The van der Waals surface area contributed by atoms with Crippen LogP contribution in [0, 0.1) is 0 Å². The third-order valence-corrected chi connectivity index (χ3v) is 3.96. The van der Waals surface area contributed by atoms with Gasteiger partial charge in [0.15, 0.2) is 0 Å². The normalized spacial score (nSPS) is 12.1. The highest BCUT2D eigenvalue weighted by atomic mass is 16.5. The molecule has 2 rings (SSSR count). The molecular formula is C19H25NO. The van der Waals surface area contributed by atoms with Crippen LogP contribution in [0.3, 0.4) is 0 Å². The molecule has 1 N–H and O–H groups in total. The third kappa shape index (κ3) is 4.08. The zero-order valence-corrected chi connectivity index (χ0v) is 13.2. The van der Waals surface area contributed by atoms with Gasteiger partial charge in [-0.15, -0.1) is 0 Å².